The van der Waals surface area contributed by atoms with Crippen molar-refractivity contribution < 1.29 is 9.90 Å². The van der Waals surface area contributed by atoms with Gasteiger partial charge in [-0.25, -0.2) is 0 Å². The van der Waals surface area contributed by atoms with Crippen molar-refractivity contribution in [1.82, 2.24) is 4.98 Å². The van der Waals surface area contributed by atoms with Gasteiger partial charge in [0.25, 0.3) is 5.91 Å². The van der Waals surface area contributed by atoms with Crippen molar-refractivity contribution >= 4 is 5.91 Å². The first-order chi connectivity index (χ1) is 6.32. The Morgan fingerprint density at radius 3 is 2.50 bits per heavy atom. The SMILES string of the molecule is Cc1cc(C(C)(C)O)ncc1C(N)=O. The highest BCUT2D eigenvalue weighted by atomic mass is 16.3. The Morgan fingerprint density at radius 2 is 2.14 bits per heavy atom. The van der Waals surface area contributed by atoms with Gasteiger partial charge in [-0.2, -0.15) is 0 Å². The number of rotatable bonds is 2. The third kappa shape index (κ3) is 2.09. The molecule has 0 bridgehead atoms. The number of hydrogen-bond acceptors (Lipinski definition) is 3. The number of nitrogens with two attached hydrogens (primary N) is 1. The summed E-state index contributed by atoms with van der Waals surface area (Å²) in [4.78, 5) is 14.9. The second-order valence-electron chi connectivity index (χ2n) is 3.81. The summed E-state index contributed by atoms with van der Waals surface area (Å²) >= 11 is 0. The molecule has 0 aliphatic carbocycles. The summed E-state index contributed by atoms with van der Waals surface area (Å²) in [5.74, 6) is -0.503. The lowest BCUT2D eigenvalue weighted by atomic mass is 10.0. The van der Waals surface area contributed by atoms with Crippen molar-refractivity contribution in [2.45, 2.75) is 26.4 Å². The molecule has 0 aliphatic rings. The van der Waals surface area contributed by atoms with Crippen molar-refractivity contribution in [3.63, 3.8) is 0 Å². The van der Waals surface area contributed by atoms with E-state index in [1.807, 2.05) is 0 Å². The highest BCUT2D eigenvalue weighted by Gasteiger charge is 2.19. The molecule has 14 heavy (non-hydrogen) atoms. The predicted octanol–water partition coefficient (Wildman–Crippen LogP) is 0.716. The van der Waals surface area contributed by atoms with Gasteiger partial charge < -0.3 is 10.8 Å². The maximum Gasteiger partial charge on any atom is 0.250 e. The Kier molecular flexibility index (Phi) is 2.57. The van der Waals surface area contributed by atoms with Crippen LogP contribution in [-0.4, -0.2) is 16.0 Å². The molecule has 1 heterocycles. The lowest BCUT2D eigenvalue weighted by Crippen LogP contribution is -2.20. The zero-order chi connectivity index (χ0) is 10.9. The number of carbonyl (C=O) groups excluding carboxylic acids is 1. The highest BCUT2D eigenvalue weighted by molar-refractivity contribution is 5.93. The number of aryl methyl sites for hydroxylation is 1. The third-order valence-corrected chi connectivity index (χ3v) is 2.00. The highest BCUT2D eigenvalue weighted by Crippen LogP contribution is 2.19. The Balaban J connectivity index is 3.20. The van der Waals surface area contributed by atoms with Crippen molar-refractivity contribution in [1.29, 1.82) is 0 Å². The first-order valence-corrected chi connectivity index (χ1v) is 4.31. The second-order valence-corrected chi connectivity index (χ2v) is 3.81. The van der Waals surface area contributed by atoms with Gasteiger partial charge in [-0.15, -0.1) is 0 Å². The van der Waals surface area contributed by atoms with E-state index in [9.17, 15) is 9.90 Å². The lowest BCUT2D eigenvalue weighted by Gasteiger charge is -2.17. The van der Waals surface area contributed by atoms with Crippen LogP contribution in [-0.2, 0) is 5.60 Å². The fraction of sp³-hybridized carbons (Fsp3) is 0.400. The summed E-state index contributed by atoms with van der Waals surface area (Å²) in [5.41, 5.74) is 5.77. The van der Waals surface area contributed by atoms with Crippen LogP contribution >= 0.6 is 0 Å². The van der Waals surface area contributed by atoms with E-state index in [1.54, 1.807) is 26.8 Å². The van der Waals surface area contributed by atoms with Crippen LogP contribution in [0.4, 0.5) is 0 Å². The standard InChI is InChI=1S/C10H14N2O2/c1-6-4-8(10(2,3)14)12-5-7(6)9(11)13/h4-5,14H,1-3H3,(H2,11,13). The van der Waals surface area contributed by atoms with Crippen molar-refractivity contribution in [2.75, 3.05) is 0 Å². The fourth-order valence-electron chi connectivity index (χ4n) is 1.15. The quantitative estimate of drug-likeness (QED) is 0.728. The summed E-state index contributed by atoms with van der Waals surface area (Å²) in [7, 11) is 0. The van der Waals surface area contributed by atoms with Gasteiger partial charge in [-0.05, 0) is 32.4 Å². The second kappa shape index (κ2) is 3.38. The van der Waals surface area contributed by atoms with Crippen LogP contribution in [0.1, 0.15) is 35.5 Å². The van der Waals surface area contributed by atoms with Gasteiger partial charge in [-0.1, -0.05) is 0 Å². The summed E-state index contributed by atoms with van der Waals surface area (Å²) in [6, 6.07) is 1.67. The van der Waals surface area contributed by atoms with E-state index in [0.717, 1.165) is 5.56 Å². The minimum absolute atomic E-state index is 0.387. The Hall–Kier alpha value is -1.42. The number of carbonyl (C=O) groups is 1. The Morgan fingerprint density at radius 1 is 1.57 bits per heavy atom. The predicted molar refractivity (Wildman–Crippen MR) is 52.7 cm³/mol. The van der Waals surface area contributed by atoms with Gasteiger partial charge in [0, 0.05) is 6.20 Å². The van der Waals surface area contributed by atoms with Crippen LogP contribution in [0.3, 0.4) is 0 Å². The monoisotopic (exact) mass is 194 g/mol. The molecule has 1 aromatic rings. The number of aliphatic hydroxyl groups is 1. The molecule has 3 N–H and O–H groups in total. The summed E-state index contributed by atoms with van der Waals surface area (Å²) in [5, 5.41) is 9.66. The van der Waals surface area contributed by atoms with E-state index in [1.165, 1.54) is 6.20 Å². The minimum Gasteiger partial charge on any atom is -0.384 e. The number of hydrogen-bond donors (Lipinski definition) is 2. The molecule has 1 amide bonds. The first kappa shape index (κ1) is 10.7. The van der Waals surface area contributed by atoms with Crippen LogP contribution in [0.15, 0.2) is 12.3 Å². The van der Waals surface area contributed by atoms with E-state index in [-0.39, 0.29) is 0 Å². The van der Waals surface area contributed by atoms with Gasteiger partial charge in [0.1, 0.15) is 5.60 Å². The van der Waals surface area contributed by atoms with E-state index >= 15 is 0 Å². The molecule has 0 spiro atoms. The smallest absolute Gasteiger partial charge is 0.250 e. The molecule has 76 valence electrons. The maximum absolute atomic E-state index is 10.9. The maximum atomic E-state index is 10.9. The zero-order valence-corrected chi connectivity index (χ0v) is 8.53. The first-order valence-electron chi connectivity index (χ1n) is 4.31. The summed E-state index contributed by atoms with van der Waals surface area (Å²) < 4.78 is 0. The van der Waals surface area contributed by atoms with Gasteiger partial charge in [0.2, 0.25) is 0 Å². The van der Waals surface area contributed by atoms with E-state index in [4.69, 9.17) is 5.73 Å². The number of nitrogens with zero attached hydrogens (tertiary/aromatic N) is 1. The number of pyridine rings is 1. The molecule has 0 saturated carbocycles. The number of primary amides is 1. The molecule has 1 aromatic heterocycles. The Labute approximate surface area is 82.8 Å². The van der Waals surface area contributed by atoms with Crippen LogP contribution in [0.5, 0.6) is 0 Å². The largest absolute Gasteiger partial charge is 0.384 e. The van der Waals surface area contributed by atoms with Gasteiger partial charge in [0.15, 0.2) is 0 Å². The van der Waals surface area contributed by atoms with Crippen LogP contribution < -0.4 is 5.73 Å². The average Bonchev–Trinajstić information content (AvgIpc) is 2.01. The molecule has 0 saturated heterocycles. The topological polar surface area (TPSA) is 76.2 Å². The molecule has 1 rings (SSSR count). The van der Waals surface area contributed by atoms with Crippen LogP contribution in [0.25, 0.3) is 0 Å². The van der Waals surface area contributed by atoms with Crippen LogP contribution in [0.2, 0.25) is 0 Å². The normalized spacial score (nSPS) is 11.4. The molecular weight excluding hydrogens is 180 g/mol. The summed E-state index contributed by atoms with van der Waals surface area (Å²) in [6.07, 6.45) is 1.39. The molecule has 0 radical (unpaired) electrons. The van der Waals surface area contributed by atoms with Gasteiger partial charge >= 0.3 is 0 Å². The lowest BCUT2D eigenvalue weighted by molar-refractivity contribution is 0.0736. The molecule has 0 fully saturated rings. The average molecular weight is 194 g/mol. The third-order valence-electron chi connectivity index (χ3n) is 2.00. The van der Waals surface area contributed by atoms with Gasteiger partial charge in [-0.3, -0.25) is 9.78 Å². The Bertz CT molecular complexity index is 367. The molecule has 0 atom stereocenters. The molecule has 0 unspecified atom stereocenters. The number of aromatic nitrogens is 1. The van der Waals surface area contributed by atoms with E-state index in [0.29, 0.717) is 11.3 Å². The minimum atomic E-state index is -0.999. The fourth-order valence-corrected chi connectivity index (χ4v) is 1.15. The molecule has 0 aliphatic heterocycles. The van der Waals surface area contributed by atoms with Crippen molar-refractivity contribution in [2.24, 2.45) is 5.73 Å². The molecule has 4 heteroatoms. The van der Waals surface area contributed by atoms with E-state index < -0.39 is 11.5 Å². The summed E-state index contributed by atoms with van der Waals surface area (Å²) in [6.45, 7) is 5.04. The molecule has 4 nitrogen and oxygen atoms in total. The number of amides is 1. The molecule has 0 aromatic carbocycles. The van der Waals surface area contributed by atoms with E-state index in [2.05, 4.69) is 4.98 Å². The van der Waals surface area contributed by atoms with Gasteiger partial charge in [0.05, 0.1) is 11.3 Å². The zero-order valence-electron chi connectivity index (χ0n) is 8.53. The van der Waals surface area contributed by atoms with Crippen molar-refractivity contribution in [3.05, 3.63) is 29.1 Å². The molecular formula is C10H14N2O2. The van der Waals surface area contributed by atoms with Crippen molar-refractivity contribution in [3.8, 4) is 0 Å². The van der Waals surface area contributed by atoms with Crippen LogP contribution in [0, 0.1) is 6.92 Å².